The van der Waals surface area contributed by atoms with Crippen molar-refractivity contribution < 1.29 is 9.15 Å². The van der Waals surface area contributed by atoms with E-state index < -0.39 is 0 Å². The molecule has 0 bridgehead atoms. The van der Waals surface area contributed by atoms with Crippen molar-refractivity contribution >= 4 is 21.4 Å². The molecule has 3 aromatic rings. The van der Waals surface area contributed by atoms with Gasteiger partial charge in [-0.3, -0.25) is 0 Å². The zero-order valence-electron chi connectivity index (χ0n) is 9.34. The number of thiophene rings is 1. The van der Waals surface area contributed by atoms with Crippen LogP contribution in [-0.2, 0) is 0 Å². The van der Waals surface area contributed by atoms with E-state index in [1.54, 1.807) is 17.5 Å². The minimum absolute atomic E-state index is 0.470. The van der Waals surface area contributed by atoms with Crippen LogP contribution in [0.2, 0.25) is 0 Å². The van der Waals surface area contributed by atoms with Gasteiger partial charge in [-0.25, -0.2) is 4.98 Å². The smallest absolute Gasteiger partial charge is 0.305 e. The molecule has 0 fully saturated rings. The molecule has 17 heavy (non-hydrogen) atoms. The van der Waals surface area contributed by atoms with Gasteiger partial charge >= 0.3 is 5.95 Å². The molecule has 86 valence electrons. The Morgan fingerprint density at radius 3 is 3.12 bits per heavy atom. The third-order valence-electron chi connectivity index (χ3n) is 2.48. The molecule has 4 heteroatoms. The summed E-state index contributed by atoms with van der Waals surface area (Å²) in [6.45, 7) is 2.50. The number of fused-ring (bicyclic) bond motifs is 1. The summed E-state index contributed by atoms with van der Waals surface area (Å²) in [7, 11) is 0. The summed E-state index contributed by atoms with van der Waals surface area (Å²) in [5.74, 6) is 1.09. The number of aromatic nitrogens is 1. The van der Waals surface area contributed by atoms with Crippen LogP contribution in [0.15, 0.2) is 40.3 Å². The van der Waals surface area contributed by atoms with E-state index in [-0.39, 0.29) is 0 Å². The zero-order valence-corrected chi connectivity index (χ0v) is 10.2. The molecule has 2 aromatic heterocycles. The maximum atomic E-state index is 5.55. The standard InChI is InChI=1S/C13H11NO2S/c1-2-15-12-7-14-13(16-12)10-8-17-11-6-4-3-5-9(10)11/h3-8H,2H2,1H3. The van der Waals surface area contributed by atoms with Gasteiger partial charge in [0.2, 0.25) is 5.89 Å². The van der Waals surface area contributed by atoms with Gasteiger partial charge in [0.15, 0.2) is 0 Å². The molecule has 0 spiro atoms. The Balaban J connectivity index is 2.07. The van der Waals surface area contributed by atoms with E-state index in [9.17, 15) is 0 Å². The summed E-state index contributed by atoms with van der Waals surface area (Å²) in [6, 6.07) is 8.22. The van der Waals surface area contributed by atoms with Gasteiger partial charge in [-0.05, 0) is 13.0 Å². The number of ether oxygens (including phenoxy) is 1. The molecular weight excluding hydrogens is 234 g/mol. The molecule has 0 unspecified atom stereocenters. The van der Waals surface area contributed by atoms with Crippen molar-refractivity contribution in [3.63, 3.8) is 0 Å². The molecule has 3 rings (SSSR count). The first kappa shape index (κ1) is 10.4. The summed E-state index contributed by atoms with van der Waals surface area (Å²) >= 11 is 1.69. The van der Waals surface area contributed by atoms with Crippen molar-refractivity contribution in [2.45, 2.75) is 6.92 Å². The quantitative estimate of drug-likeness (QED) is 0.700. The maximum Gasteiger partial charge on any atom is 0.305 e. The van der Waals surface area contributed by atoms with Crippen LogP contribution in [0.4, 0.5) is 0 Å². The monoisotopic (exact) mass is 245 g/mol. The van der Waals surface area contributed by atoms with E-state index in [0.29, 0.717) is 18.4 Å². The number of benzene rings is 1. The topological polar surface area (TPSA) is 35.3 Å². The highest BCUT2D eigenvalue weighted by molar-refractivity contribution is 7.17. The molecule has 0 atom stereocenters. The van der Waals surface area contributed by atoms with Crippen molar-refractivity contribution in [2.24, 2.45) is 0 Å². The second-order valence-electron chi connectivity index (χ2n) is 3.56. The lowest BCUT2D eigenvalue weighted by atomic mass is 10.2. The predicted molar refractivity (Wildman–Crippen MR) is 68.5 cm³/mol. The van der Waals surface area contributed by atoms with Crippen LogP contribution in [0.5, 0.6) is 5.95 Å². The highest BCUT2D eigenvalue weighted by Gasteiger charge is 2.11. The van der Waals surface area contributed by atoms with Gasteiger partial charge in [0.05, 0.1) is 12.2 Å². The van der Waals surface area contributed by atoms with E-state index in [2.05, 4.69) is 22.5 Å². The molecule has 0 aliphatic rings. The molecule has 2 heterocycles. The van der Waals surface area contributed by atoms with Crippen LogP contribution in [0.25, 0.3) is 21.5 Å². The Hall–Kier alpha value is -1.81. The van der Waals surface area contributed by atoms with Crippen LogP contribution in [0.1, 0.15) is 6.92 Å². The van der Waals surface area contributed by atoms with Gasteiger partial charge in [-0.2, -0.15) is 0 Å². The van der Waals surface area contributed by atoms with E-state index in [1.807, 2.05) is 19.1 Å². The summed E-state index contributed by atoms with van der Waals surface area (Å²) in [6.07, 6.45) is 1.62. The van der Waals surface area contributed by atoms with Crippen LogP contribution in [-0.4, -0.2) is 11.6 Å². The third kappa shape index (κ3) is 1.80. The van der Waals surface area contributed by atoms with E-state index in [4.69, 9.17) is 9.15 Å². The fourth-order valence-electron chi connectivity index (χ4n) is 1.74. The first-order chi connectivity index (χ1) is 8.38. The van der Waals surface area contributed by atoms with Crippen molar-refractivity contribution in [2.75, 3.05) is 6.61 Å². The van der Waals surface area contributed by atoms with Gasteiger partial charge in [-0.15, -0.1) is 11.3 Å². The Labute approximate surface area is 103 Å². The maximum absolute atomic E-state index is 5.55. The van der Waals surface area contributed by atoms with Gasteiger partial charge < -0.3 is 9.15 Å². The lowest BCUT2D eigenvalue weighted by Crippen LogP contribution is -1.87. The first-order valence-electron chi connectivity index (χ1n) is 5.43. The molecule has 0 aliphatic carbocycles. The van der Waals surface area contributed by atoms with Crippen molar-refractivity contribution in [1.29, 1.82) is 0 Å². The summed E-state index contributed by atoms with van der Waals surface area (Å²) in [5, 5.41) is 3.23. The fourth-order valence-corrected chi connectivity index (χ4v) is 2.67. The van der Waals surface area contributed by atoms with Crippen LogP contribution in [0, 0.1) is 0 Å². The highest BCUT2D eigenvalue weighted by atomic mass is 32.1. The minimum Gasteiger partial charge on any atom is -0.464 e. The van der Waals surface area contributed by atoms with Gasteiger partial charge in [0.25, 0.3) is 0 Å². The number of hydrogen-bond donors (Lipinski definition) is 0. The average Bonchev–Trinajstić information content (AvgIpc) is 2.95. The summed E-state index contributed by atoms with van der Waals surface area (Å²) in [4.78, 5) is 4.24. The first-order valence-corrected chi connectivity index (χ1v) is 6.31. The van der Waals surface area contributed by atoms with Gasteiger partial charge in [0, 0.05) is 15.5 Å². The van der Waals surface area contributed by atoms with Crippen LogP contribution in [0.3, 0.4) is 0 Å². The predicted octanol–water partition coefficient (Wildman–Crippen LogP) is 3.96. The highest BCUT2D eigenvalue weighted by Crippen LogP contribution is 2.34. The Morgan fingerprint density at radius 2 is 2.24 bits per heavy atom. The molecule has 3 nitrogen and oxygen atoms in total. The van der Waals surface area contributed by atoms with E-state index in [1.165, 1.54) is 10.1 Å². The number of hydrogen-bond acceptors (Lipinski definition) is 4. The lowest BCUT2D eigenvalue weighted by molar-refractivity contribution is 0.260. The third-order valence-corrected chi connectivity index (χ3v) is 3.45. The number of rotatable bonds is 3. The Bertz CT molecular complexity index is 641. The zero-order chi connectivity index (χ0) is 11.7. The molecule has 0 aliphatic heterocycles. The largest absolute Gasteiger partial charge is 0.464 e. The van der Waals surface area contributed by atoms with Crippen molar-refractivity contribution in [3.05, 3.63) is 35.8 Å². The second-order valence-corrected chi connectivity index (χ2v) is 4.47. The normalized spacial score (nSPS) is 10.9. The molecule has 1 aromatic carbocycles. The molecular formula is C13H11NO2S. The number of nitrogens with zero attached hydrogens (tertiary/aromatic N) is 1. The van der Waals surface area contributed by atoms with Gasteiger partial charge in [0.1, 0.15) is 6.20 Å². The molecule has 0 amide bonds. The molecule has 0 radical (unpaired) electrons. The van der Waals surface area contributed by atoms with Crippen LogP contribution >= 0.6 is 11.3 Å². The second kappa shape index (κ2) is 4.22. The van der Waals surface area contributed by atoms with Crippen LogP contribution < -0.4 is 4.74 Å². The minimum atomic E-state index is 0.470. The molecule has 0 saturated carbocycles. The summed E-state index contributed by atoms with van der Waals surface area (Å²) in [5.41, 5.74) is 1.02. The number of oxazole rings is 1. The summed E-state index contributed by atoms with van der Waals surface area (Å²) < 4.78 is 12.1. The fraction of sp³-hybridized carbons (Fsp3) is 0.154. The lowest BCUT2D eigenvalue weighted by Gasteiger charge is -1.95. The Morgan fingerprint density at radius 1 is 1.35 bits per heavy atom. The van der Waals surface area contributed by atoms with Crippen molar-refractivity contribution in [1.82, 2.24) is 4.98 Å². The molecule has 0 N–H and O–H groups in total. The van der Waals surface area contributed by atoms with Gasteiger partial charge in [-0.1, -0.05) is 18.2 Å². The Kier molecular flexibility index (Phi) is 2.57. The van der Waals surface area contributed by atoms with Crippen molar-refractivity contribution in [3.8, 4) is 17.4 Å². The SMILES string of the molecule is CCOc1cnc(-c2csc3ccccc23)o1. The average molecular weight is 245 g/mol. The molecule has 0 saturated heterocycles. The van der Waals surface area contributed by atoms with E-state index in [0.717, 1.165) is 5.56 Å². The van der Waals surface area contributed by atoms with E-state index >= 15 is 0 Å².